The Bertz CT molecular complexity index is 528. The second kappa shape index (κ2) is 4.55. The summed E-state index contributed by atoms with van der Waals surface area (Å²) in [5, 5.41) is 1.27. The first-order valence-corrected chi connectivity index (χ1v) is 5.75. The van der Waals surface area contributed by atoms with Crippen LogP contribution in [-0.4, -0.2) is 4.57 Å². The first kappa shape index (κ1) is 10.3. The lowest BCUT2D eigenvalue weighted by Gasteiger charge is -2.02. The molecule has 0 amide bonds. The van der Waals surface area contributed by atoms with Crippen molar-refractivity contribution in [2.75, 3.05) is 0 Å². The van der Waals surface area contributed by atoms with Gasteiger partial charge in [0.25, 0.3) is 0 Å². The van der Waals surface area contributed by atoms with Gasteiger partial charge in [-0.3, -0.25) is 0 Å². The smallest absolute Gasteiger partial charge is 0.0492 e. The molecule has 0 saturated carbocycles. The largest absolute Gasteiger partial charge is 0.346 e. The third kappa shape index (κ3) is 2.08. The SMILES string of the molecule is CC#CCCn1ccc2c(Br)cccc21. The molecule has 0 bridgehead atoms. The number of benzene rings is 1. The zero-order valence-electron chi connectivity index (χ0n) is 8.63. The molecule has 0 fully saturated rings. The van der Waals surface area contributed by atoms with Crippen molar-refractivity contribution in [3.8, 4) is 11.8 Å². The van der Waals surface area contributed by atoms with Gasteiger partial charge in [-0.25, -0.2) is 0 Å². The minimum atomic E-state index is 0.910. The Morgan fingerprint density at radius 2 is 2.20 bits per heavy atom. The Morgan fingerprint density at radius 3 is 3.00 bits per heavy atom. The van der Waals surface area contributed by atoms with Crippen LogP contribution in [0.1, 0.15) is 13.3 Å². The van der Waals surface area contributed by atoms with E-state index >= 15 is 0 Å². The van der Waals surface area contributed by atoms with Crippen molar-refractivity contribution in [2.45, 2.75) is 19.9 Å². The molecule has 0 saturated heterocycles. The molecule has 1 heterocycles. The summed E-state index contributed by atoms with van der Waals surface area (Å²) in [6.07, 6.45) is 3.03. The Labute approximate surface area is 98.2 Å². The summed E-state index contributed by atoms with van der Waals surface area (Å²) in [7, 11) is 0. The van der Waals surface area contributed by atoms with Crippen molar-refractivity contribution in [3.05, 3.63) is 34.9 Å². The van der Waals surface area contributed by atoms with Crippen molar-refractivity contribution in [1.82, 2.24) is 4.57 Å². The number of halogens is 1. The van der Waals surface area contributed by atoms with E-state index in [2.05, 4.69) is 62.8 Å². The van der Waals surface area contributed by atoms with Crippen LogP contribution in [0.3, 0.4) is 0 Å². The predicted octanol–water partition coefficient (Wildman–Crippen LogP) is 3.82. The normalized spacial score (nSPS) is 10.0. The van der Waals surface area contributed by atoms with Gasteiger partial charge >= 0.3 is 0 Å². The van der Waals surface area contributed by atoms with E-state index in [9.17, 15) is 0 Å². The molecule has 0 aliphatic heterocycles. The molecule has 0 atom stereocenters. The number of nitrogens with zero attached hydrogens (tertiary/aromatic N) is 1. The van der Waals surface area contributed by atoms with Gasteiger partial charge < -0.3 is 4.57 Å². The van der Waals surface area contributed by atoms with Gasteiger partial charge in [0.15, 0.2) is 0 Å². The zero-order chi connectivity index (χ0) is 10.7. The van der Waals surface area contributed by atoms with Gasteiger partial charge in [0.05, 0.1) is 0 Å². The van der Waals surface area contributed by atoms with Crippen molar-refractivity contribution >= 4 is 26.8 Å². The van der Waals surface area contributed by atoms with Crippen LogP contribution in [0.2, 0.25) is 0 Å². The van der Waals surface area contributed by atoms with Crippen LogP contribution < -0.4 is 0 Å². The first-order valence-electron chi connectivity index (χ1n) is 4.96. The third-order valence-electron chi connectivity index (χ3n) is 2.41. The van der Waals surface area contributed by atoms with Gasteiger partial charge in [-0.15, -0.1) is 11.8 Å². The summed E-state index contributed by atoms with van der Waals surface area (Å²) < 4.78 is 3.39. The van der Waals surface area contributed by atoms with E-state index in [-0.39, 0.29) is 0 Å². The molecule has 1 nitrogen and oxygen atoms in total. The highest BCUT2D eigenvalue weighted by molar-refractivity contribution is 9.10. The second-order valence-corrected chi connectivity index (χ2v) is 4.21. The molecule has 0 aliphatic carbocycles. The van der Waals surface area contributed by atoms with Crippen LogP contribution in [0.4, 0.5) is 0 Å². The van der Waals surface area contributed by atoms with E-state index in [1.807, 2.05) is 6.92 Å². The summed E-state index contributed by atoms with van der Waals surface area (Å²) in [6, 6.07) is 8.41. The van der Waals surface area contributed by atoms with Gasteiger partial charge in [0, 0.05) is 34.5 Å². The van der Waals surface area contributed by atoms with Gasteiger partial charge in [-0.1, -0.05) is 22.0 Å². The quantitative estimate of drug-likeness (QED) is 0.725. The van der Waals surface area contributed by atoms with Crippen molar-refractivity contribution in [1.29, 1.82) is 0 Å². The maximum Gasteiger partial charge on any atom is 0.0492 e. The molecule has 1 aromatic carbocycles. The van der Waals surface area contributed by atoms with Gasteiger partial charge in [0.1, 0.15) is 0 Å². The molecular formula is C13H12BrN. The highest BCUT2D eigenvalue weighted by atomic mass is 79.9. The van der Waals surface area contributed by atoms with Crippen LogP contribution in [0, 0.1) is 11.8 Å². The van der Waals surface area contributed by atoms with E-state index in [0.717, 1.165) is 17.4 Å². The van der Waals surface area contributed by atoms with Crippen molar-refractivity contribution in [3.63, 3.8) is 0 Å². The Kier molecular flexibility index (Phi) is 3.13. The van der Waals surface area contributed by atoms with Crippen molar-refractivity contribution in [2.24, 2.45) is 0 Å². The van der Waals surface area contributed by atoms with E-state index in [4.69, 9.17) is 0 Å². The van der Waals surface area contributed by atoms with E-state index in [1.54, 1.807) is 0 Å². The standard InChI is InChI=1S/C13H12BrN/c1-2-3-4-9-15-10-8-11-12(14)6-5-7-13(11)15/h5-8,10H,4,9H2,1H3. The van der Waals surface area contributed by atoms with Crippen LogP contribution in [0.5, 0.6) is 0 Å². The molecule has 0 radical (unpaired) electrons. The predicted molar refractivity (Wildman–Crippen MR) is 67.7 cm³/mol. The minimum Gasteiger partial charge on any atom is -0.346 e. The van der Waals surface area contributed by atoms with Crippen LogP contribution in [0.15, 0.2) is 34.9 Å². The lowest BCUT2D eigenvalue weighted by molar-refractivity contribution is 0.749. The summed E-state index contributed by atoms with van der Waals surface area (Å²) in [5.41, 5.74) is 1.27. The van der Waals surface area contributed by atoms with Gasteiger partial charge in [0.2, 0.25) is 0 Å². The Morgan fingerprint density at radius 1 is 1.33 bits per heavy atom. The number of rotatable bonds is 2. The maximum atomic E-state index is 3.55. The molecule has 2 heteroatoms. The highest BCUT2D eigenvalue weighted by Gasteiger charge is 2.02. The molecule has 15 heavy (non-hydrogen) atoms. The fraction of sp³-hybridized carbons (Fsp3) is 0.231. The summed E-state index contributed by atoms with van der Waals surface area (Å²) in [4.78, 5) is 0. The Hall–Kier alpha value is -1.20. The molecule has 76 valence electrons. The maximum absolute atomic E-state index is 3.55. The Balaban J connectivity index is 2.35. The third-order valence-corrected chi connectivity index (χ3v) is 3.11. The molecule has 2 aromatic rings. The molecule has 0 N–H and O–H groups in total. The lowest BCUT2D eigenvalue weighted by Crippen LogP contribution is -1.94. The number of hydrogen-bond donors (Lipinski definition) is 0. The first-order chi connectivity index (χ1) is 7.33. The fourth-order valence-corrected chi connectivity index (χ4v) is 2.17. The number of fused-ring (bicyclic) bond motifs is 1. The molecular weight excluding hydrogens is 250 g/mol. The number of aryl methyl sites for hydroxylation is 1. The number of aromatic nitrogens is 1. The molecule has 0 aliphatic rings. The lowest BCUT2D eigenvalue weighted by atomic mass is 10.2. The highest BCUT2D eigenvalue weighted by Crippen LogP contribution is 2.24. The van der Waals surface area contributed by atoms with E-state index < -0.39 is 0 Å². The van der Waals surface area contributed by atoms with Gasteiger partial charge in [-0.05, 0) is 25.1 Å². The fourth-order valence-electron chi connectivity index (χ4n) is 1.68. The molecule has 2 rings (SSSR count). The average Bonchev–Trinajstić information content (AvgIpc) is 2.64. The summed E-state index contributed by atoms with van der Waals surface area (Å²) in [5.74, 6) is 6.00. The monoisotopic (exact) mass is 261 g/mol. The van der Waals surface area contributed by atoms with Crippen LogP contribution in [0.25, 0.3) is 10.9 Å². The van der Waals surface area contributed by atoms with E-state index in [1.165, 1.54) is 10.9 Å². The average molecular weight is 262 g/mol. The topological polar surface area (TPSA) is 4.93 Å². The van der Waals surface area contributed by atoms with Crippen molar-refractivity contribution < 1.29 is 0 Å². The molecule has 0 spiro atoms. The van der Waals surface area contributed by atoms with Crippen LogP contribution >= 0.6 is 15.9 Å². The molecule has 0 unspecified atom stereocenters. The van der Waals surface area contributed by atoms with E-state index in [0.29, 0.717) is 0 Å². The molecule has 1 aromatic heterocycles. The van der Waals surface area contributed by atoms with Crippen LogP contribution in [-0.2, 0) is 6.54 Å². The minimum absolute atomic E-state index is 0.910. The zero-order valence-corrected chi connectivity index (χ0v) is 10.2. The summed E-state index contributed by atoms with van der Waals surface area (Å²) >= 11 is 3.55. The van der Waals surface area contributed by atoms with Gasteiger partial charge in [-0.2, -0.15) is 0 Å². The second-order valence-electron chi connectivity index (χ2n) is 3.36. The number of hydrogen-bond acceptors (Lipinski definition) is 0. The summed E-state index contributed by atoms with van der Waals surface area (Å²) in [6.45, 7) is 2.84.